The van der Waals surface area contributed by atoms with E-state index < -0.39 is 0 Å². The molecule has 0 bridgehead atoms. The molecule has 6 nitrogen and oxygen atoms in total. The highest BCUT2D eigenvalue weighted by molar-refractivity contribution is 5.80. The van der Waals surface area contributed by atoms with Gasteiger partial charge in [-0.3, -0.25) is 4.79 Å². The van der Waals surface area contributed by atoms with Crippen LogP contribution in [-0.4, -0.2) is 29.0 Å². The first-order valence-corrected chi connectivity index (χ1v) is 5.40. The lowest BCUT2D eigenvalue weighted by molar-refractivity contribution is -0.116. The van der Waals surface area contributed by atoms with Crippen molar-refractivity contribution in [3.8, 4) is 0 Å². The Balaban J connectivity index is 2.82. The summed E-state index contributed by atoms with van der Waals surface area (Å²) in [4.78, 5) is 19.9. The van der Waals surface area contributed by atoms with Crippen LogP contribution in [0.4, 0.5) is 11.6 Å². The highest BCUT2D eigenvalue weighted by Gasteiger charge is 2.15. The molecule has 90 valence electrons. The summed E-state index contributed by atoms with van der Waals surface area (Å²) in [5.41, 5.74) is 11.0. The van der Waals surface area contributed by atoms with Gasteiger partial charge in [0.15, 0.2) is 5.82 Å². The summed E-state index contributed by atoms with van der Waals surface area (Å²) < 4.78 is 0. The highest BCUT2D eigenvalue weighted by atomic mass is 16.1. The largest absolute Gasteiger partial charge is 0.382 e. The lowest BCUT2D eigenvalue weighted by atomic mass is 10.3. The number of amides is 1. The van der Waals surface area contributed by atoms with Crippen molar-refractivity contribution in [3.63, 3.8) is 0 Å². The molecule has 0 atom stereocenters. The van der Waals surface area contributed by atoms with E-state index in [1.807, 2.05) is 11.8 Å². The Labute approximate surface area is 95.0 Å². The van der Waals surface area contributed by atoms with Crippen molar-refractivity contribution < 1.29 is 4.79 Å². The Morgan fingerprint density at radius 2 is 2.25 bits per heavy atom. The number of nitrogens with one attached hydrogen (secondary N) is 1. The number of unbranched alkanes of at least 4 members (excludes halogenated alkanes) is 1. The molecule has 0 aliphatic carbocycles. The molecule has 1 rings (SSSR count). The minimum atomic E-state index is -0.379. The Hall–Kier alpha value is -1.72. The van der Waals surface area contributed by atoms with Crippen LogP contribution in [0.2, 0.25) is 0 Å². The Kier molecular flexibility index (Phi) is 4.16. The van der Waals surface area contributed by atoms with Crippen molar-refractivity contribution in [1.82, 2.24) is 9.97 Å². The molecule has 0 aliphatic heterocycles. The Morgan fingerprint density at radius 1 is 1.56 bits per heavy atom. The zero-order chi connectivity index (χ0) is 12.1. The average Bonchev–Trinajstić information content (AvgIpc) is 2.52. The summed E-state index contributed by atoms with van der Waals surface area (Å²) in [6, 6.07) is 0. The van der Waals surface area contributed by atoms with Gasteiger partial charge in [0.1, 0.15) is 11.6 Å². The second-order valence-corrected chi connectivity index (χ2v) is 3.80. The molecule has 1 amide bonds. The number of primary amides is 1. The van der Waals surface area contributed by atoms with Gasteiger partial charge >= 0.3 is 0 Å². The lowest BCUT2D eigenvalue weighted by Gasteiger charge is -2.20. The van der Waals surface area contributed by atoms with Crippen molar-refractivity contribution in [2.24, 2.45) is 5.73 Å². The molecule has 5 N–H and O–H groups in total. The van der Waals surface area contributed by atoms with Crippen molar-refractivity contribution in [2.45, 2.75) is 26.7 Å². The van der Waals surface area contributed by atoms with Gasteiger partial charge in [-0.15, -0.1) is 0 Å². The molecule has 1 heterocycles. The van der Waals surface area contributed by atoms with Gasteiger partial charge in [0, 0.05) is 6.54 Å². The van der Waals surface area contributed by atoms with Gasteiger partial charge in [0.25, 0.3) is 0 Å². The van der Waals surface area contributed by atoms with Crippen LogP contribution < -0.4 is 16.4 Å². The van der Waals surface area contributed by atoms with Crippen molar-refractivity contribution in [3.05, 3.63) is 5.82 Å². The van der Waals surface area contributed by atoms with E-state index in [-0.39, 0.29) is 12.5 Å². The molecule has 6 heteroatoms. The molecule has 0 saturated carbocycles. The molecule has 0 unspecified atom stereocenters. The van der Waals surface area contributed by atoms with E-state index in [1.165, 1.54) is 0 Å². The quantitative estimate of drug-likeness (QED) is 0.652. The lowest BCUT2D eigenvalue weighted by Crippen LogP contribution is -2.35. The van der Waals surface area contributed by atoms with E-state index in [0.29, 0.717) is 11.6 Å². The molecule has 0 fully saturated rings. The van der Waals surface area contributed by atoms with Gasteiger partial charge < -0.3 is 21.4 Å². The summed E-state index contributed by atoms with van der Waals surface area (Å²) in [7, 11) is 0. The van der Waals surface area contributed by atoms with E-state index in [9.17, 15) is 4.79 Å². The first-order chi connectivity index (χ1) is 7.54. The van der Waals surface area contributed by atoms with Gasteiger partial charge in [0.2, 0.25) is 5.91 Å². The fourth-order valence-electron chi connectivity index (χ4n) is 1.54. The fourth-order valence-corrected chi connectivity index (χ4v) is 1.54. The number of nitrogens with two attached hydrogens (primary N) is 2. The number of H-pyrrole nitrogens is 1. The zero-order valence-corrected chi connectivity index (χ0v) is 9.79. The normalized spacial score (nSPS) is 10.4. The Bertz CT molecular complexity index is 360. The van der Waals surface area contributed by atoms with Crippen LogP contribution >= 0.6 is 0 Å². The van der Waals surface area contributed by atoms with Crippen LogP contribution in [0.15, 0.2) is 0 Å². The van der Waals surface area contributed by atoms with E-state index >= 15 is 0 Å². The van der Waals surface area contributed by atoms with Crippen LogP contribution in [-0.2, 0) is 4.79 Å². The third-order valence-corrected chi connectivity index (χ3v) is 2.26. The molecule has 1 aromatic rings. The molecule has 0 radical (unpaired) electrons. The first kappa shape index (κ1) is 12.4. The molecular weight excluding hydrogens is 206 g/mol. The van der Waals surface area contributed by atoms with Crippen molar-refractivity contribution in [1.29, 1.82) is 0 Å². The SMILES string of the molecule is CCCCN(CC(N)=O)c1nc(C)[nH]c1N. The maximum Gasteiger partial charge on any atom is 0.237 e. The van der Waals surface area contributed by atoms with Gasteiger partial charge in [0.05, 0.1) is 6.54 Å². The van der Waals surface area contributed by atoms with Crippen molar-refractivity contribution in [2.75, 3.05) is 23.7 Å². The number of aromatic amines is 1. The maximum atomic E-state index is 11.0. The van der Waals surface area contributed by atoms with Crippen LogP contribution in [0, 0.1) is 6.92 Å². The van der Waals surface area contributed by atoms with E-state index in [4.69, 9.17) is 11.5 Å². The number of nitrogen functional groups attached to an aromatic ring is 1. The van der Waals surface area contributed by atoms with E-state index in [1.54, 1.807) is 0 Å². The number of aryl methyl sites for hydroxylation is 1. The minimum absolute atomic E-state index is 0.147. The predicted octanol–water partition coefficient (Wildman–Crippen LogP) is 0.392. The van der Waals surface area contributed by atoms with E-state index in [2.05, 4.69) is 16.9 Å². The molecule has 16 heavy (non-hydrogen) atoms. The minimum Gasteiger partial charge on any atom is -0.382 e. The van der Waals surface area contributed by atoms with Gasteiger partial charge in [-0.25, -0.2) is 4.98 Å². The number of hydrogen-bond acceptors (Lipinski definition) is 4. The number of anilines is 2. The third-order valence-electron chi connectivity index (χ3n) is 2.26. The number of carbonyl (C=O) groups excluding carboxylic acids is 1. The monoisotopic (exact) mass is 225 g/mol. The number of rotatable bonds is 6. The molecular formula is C10H19N5O. The smallest absolute Gasteiger partial charge is 0.237 e. The van der Waals surface area contributed by atoms with Crippen LogP contribution in [0.1, 0.15) is 25.6 Å². The summed E-state index contributed by atoms with van der Waals surface area (Å²) in [5, 5.41) is 0. The average molecular weight is 225 g/mol. The maximum absolute atomic E-state index is 11.0. The van der Waals surface area contributed by atoms with Crippen molar-refractivity contribution >= 4 is 17.5 Å². The number of carbonyl (C=O) groups is 1. The third kappa shape index (κ3) is 3.15. The molecule has 0 aliphatic rings. The topological polar surface area (TPSA) is 101 Å². The highest BCUT2D eigenvalue weighted by Crippen LogP contribution is 2.19. The summed E-state index contributed by atoms with van der Waals surface area (Å²) >= 11 is 0. The second kappa shape index (κ2) is 5.39. The second-order valence-electron chi connectivity index (χ2n) is 3.80. The fraction of sp³-hybridized carbons (Fsp3) is 0.600. The summed E-state index contributed by atoms with van der Waals surface area (Å²) in [6.07, 6.45) is 2.01. The Morgan fingerprint density at radius 3 is 2.69 bits per heavy atom. The number of imidazole rings is 1. The molecule has 0 spiro atoms. The van der Waals surface area contributed by atoms with Crippen LogP contribution in [0.25, 0.3) is 0 Å². The number of hydrogen-bond donors (Lipinski definition) is 3. The van der Waals surface area contributed by atoms with Gasteiger partial charge in [-0.1, -0.05) is 13.3 Å². The summed E-state index contributed by atoms with van der Waals surface area (Å²) in [6.45, 7) is 4.78. The summed E-state index contributed by atoms with van der Waals surface area (Å²) in [5.74, 6) is 1.45. The standard InChI is InChI=1S/C10H19N5O/c1-3-4-5-15(6-8(11)16)10-9(12)13-7(2)14-10/h3-6,12H2,1-2H3,(H2,11,16)(H,13,14). The van der Waals surface area contributed by atoms with E-state index in [0.717, 1.165) is 25.2 Å². The molecule has 0 aromatic carbocycles. The van der Waals surface area contributed by atoms with Gasteiger partial charge in [-0.2, -0.15) is 0 Å². The number of aromatic nitrogens is 2. The van der Waals surface area contributed by atoms with Crippen LogP contribution in [0.5, 0.6) is 0 Å². The van der Waals surface area contributed by atoms with Crippen LogP contribution in [0.3, 0.4) is 0 Å². The van der Waals surface area contributed by atoms with Gasteiger partial charge in [-0.05, 0) is 13.3 Å². The molecule has 0 saturated heterocycles. The number of nitrogens with zero attached hydrogens (tertiary/aromatic N) is 2. The zero-order valence-electron chi connectivity index (χ0n) is 9.79. The predicted molar refractivity (Wildman–Crippen MR) is 64.1 cm³/mol. The first-order valence-electron chi connectivity index (χ1n) is 5.40. The molecule has 1 aromatic heterocycles.